The quantitative estimate of drug-likeness (QED) is 0.668. The van der Waals surface area contributed by atoms with E-state index in [1.54, 1.807) is 0 Å². The number of hydrogen-bond acceptors (Lipinski definition) is 4. The SMILES string of the molecule is Cc1ccc2n(c1=O)C(COC1CCC(C3CC3C)CC1)C(N[S+]([O-])C1CC1)CC2. The number of nitrogens with one attached hydrogen (secondary N) is 1. The van der Waals surface area contributed by atoms with Crippen LogP contribution in [0.25, 0.3) is 0 Å². The molecule has 5 unspecified atom stereocenters. The lowest BCUT2D eigenvalue weighted by molar-refractivity contribution is -0.00876. The summed E-state index contributed by atoms with van der Waals surface area (Å²) in [6.45, 7) is 4.80. The summed E-state index contributed by atoms with van der Waals surface area (Å²) in [5.74, 6) is 2.79. The molecule has 1 aromatic rings. The van der Waals surface area contributed by atoms with E-state index in [-0.39, 0.29) is 17.6 Å². The van der Waals surface area contributed by atoms with Crippen molar-refractivity contribution in [3.63, 3.8) is 0 Å². The predicted octanol–water partition coefficient (Wildman–Crippen LogP) is 3.66. The maximum atomic E-state index is 13.0. The summed E-state index contributed by atoms with van der Waals surface area (Å²) >= 11 is -1.00. The van der Waals surface area contributed by atoms with E-state index in [1.165, 1.54) is 19.3 Å². The number of fused-ring (bicyclic) bond motifs is 1. The molecule has 0 saturated heterocycles. The highest BCUT2D eigenvalue weighted by Gasteiger charge is 2.42. The van der Waals surface area contributed by atoms with Crippen molar-refractivity contribution in [2.75, 3.05) is 6.61 Å². The predicted molar refractivity (Wildman–Crippen MR) is 120 cm³/mol. The van der Waals surface area contributed by atoms with Crippen LogP contribution in [0.5, 0.6) is 0 Å². The minimum absolute atomic E-state index is 0.0297. The topological polar surface area (TPSA) is 66.3 Å². The summed E-state index contributed by atoms with van der Waals surface area (Å²) in [4.78, 5) is 13.0. The van der Waals surface area contributed by atoms with Crippen molar-refractivity contribution in [3.05, 3.63) is 33.7 Å². The summed E-state index contributed by atoms with van der Waals surface area (Å²) in [7, 11) is 0. The first-order valence-corrected chi connectivity index (χ1v) is 13.2. The van der Waals surface area contributed by atoms with Crippen LogP contribution < -0.4 is 10.3 Å². The van der Waals surface area contributed by atoms with Gasteiger partial charge in [-0.25, -0.2) is 0 Å². The normalized spacial score (nSPS) is 36.9. The molecule has 1 aliphatic heterocycles. The largest absolute Gasteiger partial charge is 0.598 e. The molecule has 3 saturated carbocycles. The summed E-state index contributed by atoms with van der Waals surface area (Å²) in [6.07, 6.45) is 10.4. The van der Waals surface area contributed by atoms with Crippen molar-refractivity contribution in [1.29, 1.82) is 0 Å². The van der Waals surface area contributed by atoms with Crippen LogP contribution in [0.1, 0.15) is 75.6 Å². The Balaban J connectivity index is 1.27. The molecule has 166 valence electrons. The van der Waals surface area contributed by atoms with Gasteiger partial charge >= 0.3 is 0 Å². The van der Waals surface area contributed by atoms with E-state index in [1.807, 2.05) is 17.6 Å². The molecular formula is C24H36N2O3S. The molecule has 0 bridgehead atoms. The van der Waals surface area contributed by atoms with Crippen molar-refractivity contribution < 1.29 is 9.29 Å². The highest BCUT2D eigenvalue weighted by atomic mass is 32.2. The molecule has 3 fully saturated rings. The molecule has 30 heavy (non-hydrogen) atoms. The number of ether oxygens (including phenoxy) is 1. The van der Waals surface area contributed by atoms with Crippen LogP contribution in [0.4, 0.5) is 0 Å². The Morgan fingerprint density at radius 1 is 1.17 bits per heavy atom. The number of aryl methyl sites for hydroxylation is 2. The van der Waals surface area contributed by atoms with Gasteiger partial charge in [-0.15, -0.1) is 4.72 Å². The van der Waals surface area contributed by atoms with Gasteiger partial charge < -0.3 is 13.9 Å². The Labute approximate surface area is 183 Å². The number of pyridine rings is 1. The second-order valence-electron chi connectivity index (χ2n) is 10.3. The van der Waals surface area contributed by atoms with E-state index in [4.69, 9.17) is 4.74 Å². The Hall–Kier alpha value is -0.820. The van der Waals surface area contributed by atoms with Gasteiger partial charge in [-0.2, -0.15) is 0 Å². The molecule has 0 radical (unpaired) electrons. The zero-order chi connectivity index (χ0) is 20.8. The first kappa shape index (κ1) is 21.0. The van der Waals surface area contributed by atoms with Crippen LogP contribution in [0.15, 0.2) is 16.9 Å². The molecule has 5 atom stereocenters. The van der Waals surface area contributed by atoms with E-state index in [0.29, 0.717) is 18.0 Å². The molecule has 5 nitrogen and oxygen atoms in total. The van der Waals surface area contributed by atoms with Crippen LogP contribution in [-0.2, 0) is 22.5 Å². The van der Waals surface area contributed by atoms with Gasteiger partial charge in [0, 0.05) is 35.5 Å². The first-order valence-electron chi connectivity index (χ1n) is 12.0. The highest BCUT2D eigenvalue weighted by Crippen LogP contribution is 2.49. The third kappa shape index (κ3) is 4.38. The van der Waals surface area contributed by atoms with Crippen molar-refractivity contribution in [2.24, 2.45) is 17.8 Å². The minimum atomic E-state index is -1.00. The van der Waals surface area contributed by atoms with E-state index in [2.05, 4.69) is 17.7 Å². The molecule has 5 rings (SSSR count). The standard InChI is InChI=1S/C24H36N2O3S/c1-15-3-6-18-7-12-22(25-30(28)20-10-11-20)23(26(18)24(15)27)14-29-19-8-4-17(5-9-19)21-13-16(21)2/h3,6,16-17,19-23,25H,4-5,7-14H2,1-2H3. The summed E-state index contributed by atoms with van der Waals surface area (Å²) in [5.41, 5.74) is 1.93. The van der Waals surface area contributed by atoms with E-state index in [9.17, 15) is 9.35 Å². The van der Waals surface area contributed by atoms with Crippen LogP contribution >= 0.6 is 0 Å². The van der Waals surface area contributed by atoms with Gasteiger partial charge in [0.05, 0.1) is 24.8 Å². The van der Waals surface area contributed by atoms with Gasteiger partial charge in [0.1, 0.15) is 5.25 Å². The zero-order valence-corrected chi connectivity index (χ0v) is 19.2. The monoisotopic (exact) mass is 432 g/mol. The highest BCUT2D eigenvalue weighted by molar-refractivity contribution is 7.90. The summed E-state index contributed by atoms with van der Waals surface area (Å²) in [6, 6.07) is 3.97. The van der Waals surface area contributed by atoms with Gasteiger partial charge in [0.15, 0.2) is 0 Å². The maximum absolute atomic E-state index is 13.0. The van der Waals surface area contributed by atoms with E-state index in [0.717, 1.165) is 67.5 Å². The maximum Gasteiger partial charge on any atom is 0.254 e. The summed E-state index contributed by atoms with van der Waals surface area (Å²) in [5, 5.41) is 0.294. The Morgan fingerprint density at radius 3 is 2.57 bits per heavy atom. The van der Waals surface area contributed by atoms with Gasteiger partial charge in [-0.05, 0) is 75.7 Å². The zero-order valence-electron chi connectivity index (χ0n) is 18.3. The van der Waals surface area contributed by atoms with Crippen molar-refractivity contribution in [2.45, 2.75) is 95.1 Å². The Morgan fingerprint density at radius 2 is 1.90 bits per heavy atom. The van der Waals surface area contributed by atoms with Crippen LogP contribution in [-0.4, -0.2) is 33.1 Å². The van der Waals surface area contributed by atoms with Gasteiger partial charge in [-0.1, -0.05) is 13.0 Å². The van der Waals surface area contributed by atoms with E-state index >= 15 is 0 Å². The molecule has 0 spiro atoms. The number of rotatable bonds is 7. The van der Waals surface area contributed by atoms with Crippen molar-refractivity contribution >= 4 is 11.4 Å². The Kier molecular flexibility index (Phi) is 6.04. The van der Waals surface area contributed by atoms with Gasteiger partial charge in [0.2, 0.25) is 0 Å². The Bertz CT molecular complexity index is 815. The average molecular weight is 433 g/mol. The van der Waals surface area contributed by atoms with Crippen LogP contribution in [0.2, 0.25) is 0 Å². The third-order valence-electron chi connectivity index (χ3n) is 7.99. The average Bonchev–Trinajstić information content (AvgIpc) is 3.66. The molecule has 6 heteroatoms. The fourth-order valence-electron chi connectivity index (χ4n) is 5.72. The lowest BCUT2D eigenvalue weighted by atomic mass is 9.83. The number of aromatic nitrogens is 1. The fourth-order valence-corrected chi connectivity index (χ4v) is 7.05. The number of nitrogens with zero attached hydrogens (tertiary/aromatic N) is 1. The van der Waals surface area contributed by atoms with Crippen molar-refractivity contribution in [3.8, 4) is 0 Å². The molecule has 4 aliphatic rings. The smallest absolute Gasteiger partial charge is 0.254 e. The minimum Gasteiger partial charge on any atom is -0.598 e. The second kappa shape index (κ2) is 8.61. The lowest BCUT2D eigenvalue weighted by Gasteiger charge is -2.37. The number of hydrogen-bond donors (Lipinski definition) is 1. The van der Waals surface area contributed by atoms with Gasteiger partial charge in [-0.3, -0.25) is 4.79 Å². The fraction of sp³-hybridized carbons (Fsp3) is 0.792. The molecule has 1 N–H and O–H groups in total. The van der Waals surface area contributed by atoms with Crippen LogP contribution in [0, 0.1) is 24.7 Å². The van der Waals surface area contributed by atoms with Gasteiger partial charge in [0.25, 0.3) is 5.56 Å². The molecule has 0 aromatic carbocycles. The molecule has 3 aliphatic carbocycles. The first-order chi connectivity index (χ1) is 14.5. The van der Waals surface area contributed by atoms with E-state index < -0.39 is 11.4 Å². The third-order valence-corrected chi connectivity index (χ3v) is 9.60. The van der Waals surface area contributed by atoms with Crippen molar-refractivity contribution in [1.82, 2.24) is 9.29 Å². The molecular weight excluding hydrogens is 396 g/mol. The summed E-state index contributed by atoms with van der Waals surface area (Å²) < 4.78 is 24.3. The second-order valence-corrected chi connectivity index (χ2v) is 11.8. The lowest BCUT2D eigenvalue weighted by Crippen LogP contribution is -2.50. The van der Waals surface area contributed by atoms with Crippen LogP contribution in [0.3, 0.4) is 0 Å². The molecule has 0 amide bonds. The molecule has 2 heterocycles. The molecule has 1 aromatic heterocycles.